The van der Waals surface area contributed by atoms with Crippen molar-refractivity contribution in [2.75, 3.05) is 37.7 Å². The van der Waals surface area contributed by atoms with Crippen LogP contribution in [0.1, 0.15) is 27.5 Å². The van der Waals surface area contributed by atoms with Crippen LogP contribution in [0.15, 0.2) is 29.6 Å². The number of para-hydroxylation sites is 1. The van der Waals surface area contributed by atoms with Gasteiger partial charge in [-0.25, -0.2) is 13.4 Å². The molecule has 2 fully saturated rings. The van der Waals surface area contributed by atoms with E-state index in [0.29, 0.717) is 50.5 Å². The van der Waals surface area contributed by atoms with Gasteiger partial charge in [-0.1, -0.05) is 12.1 Å². The molecule has 2 aliphatic heterocycles. The number of ether oxygens (including phenoxy) is 1. The van der Waals surface area contributed by atoms with Gasteiger partial charge in [0.15, 0.2) is 9.84 Å². The normalized spacial score (nSPS) is 22.0. The largest absolute Gasteiger partial charge is 0.486 e. The van der Waals surface area contributed by atoms with Crippen molar-refractivity contribution in [3.05, 3.63) is 45.9 Å². The quantitative estimate of drug-likeness (QED) is 0.715. The van der Waals surface area contributed by atoms with Crippen molar-refractivity contribution in [1.29, 1.82) is 0 Å². The fourth-order valence-corrected chi connectivity index (χ4v) is 6.28. The van der Waals surface area contributed by atoms with Crippen LogP contribution in [-0.2, 0) is 16.4 Å². The van der Waals surface area contributed by atoms with Crippen LogP contribution in [0.2, 0.25) is 0 Å². The zero-order valence-electron chi connectivity index (χ0n) is 16.4. The smallest absolute Gasteiger partial charge is 0.257 e. The number of sulfone groups is 1. The minimum absolute atomic E-state index is 0.0475. The van der Waals surface area contributed by atoms with E-state index in [1.54, 1.807) is 17.4 Å². The molecule has 0 N–H and O–H groups in total. The summed E-state index contributed by atoms with van der Waals surface area (Å²) in [6, 6.07) is 7.39. The van der Waals surface area contributed by atoms with E-state index in [0.717, 1.165) is 10.7 Å². The van der Waals surface area contributed by atoms with Crippen LogP contribution < -0.4 is 4.74 Å². The maximum absolute atomic E-state index is 13.1. The lowest BCUT2D eigenvalue weighted by molar-refractivity contribution is 0.0583. The van der Waals surface area contributed by atoms with E-state index in [1.807, 2.05) is 35.4 Å². The van der Waals surface area contributed by atoms with E-state index in [4.69, 9.17) is 4.74 Å². The van der Waals surface area contributed by atoms with E-state index in [9.17, 15) is 13.2 Å². The summed E-state index contributed by atoms with van der Waals surface area (Å²) in [5, 5.41) is 2.95. The van der Waals surface area contributed by atoms with Crippen molar-refractivity contribution in [3.8, 4) is 5.75 Å². The summed E-state index contributed by atoms with van der Waals surface area (Å²) in [5.41, 5.74) is 1.41. The Kier molecular flexibility index (Phi) is 5.89. The van der Waals surface area contributed by atoms with Gasteiger partial charge >= 0.3 is 0 Å². The van der Waals surface area contributed by atoms with Crippen LogP contribution in [0, 0.1) is 6.92 Å². The molecule has 7 nitrogen and oxygen atoms in total. The average Bonchev–Trinajstić information content (AvgIpc) is 3.31. The predicted molar refractivity (Wildman–Crippen MR) is 112 cm³/mol. The highest BCUT2D eigenvalue weighted by molar-refractivity contribution is 7.91. The fourth-order valence-electron chi connectivity index (χ4n) is 3.92. The van der Waals surface area contributed by atoms with Gasteiger partial charge in [-0.3, -0.25) is 9.69 Å². The number of piperazine rings is 1. The first kappa shape index (κ1) is 20.3. The van der Waals surface area contributed by atoms with Crippen molar-refractivity contribution < 1.29 is 17.9 Å². The molecule has 0 aliphatic carbocycles. The van der Waals surface area contributed by atoms with Crippen LogP contribution in [0.3, 0.4) is 0 Å². The molecule has 4 rings (SSSR count). The number of thiazole rings is 1. The molecule has 2 aliphatic rings. The Morgan fingerprint density at radius 2 is 2.00 bits per heavy atom. The molecule has 29 heavy (non-hydrogen) atoms. The number of carbonyl (C=O) groups excluding carboxylic acids is 1. The lowest BCUT2D eigenvalue weighted by atomic mass is 10.1. The van der Waals surface area contributed by atoms with Gasteiger partial charge in [0.1, 0.15) is 12.4 Å². The van der Waals surface area contributed by atoms with Gasteiger partial charge in [0.25, 0.3) is 5.91 Å². The number of hydrogen-bond acceptors (Lipinski definition) is 7. The van der Waals surface area contributed by atoms with Crippen molar-refractivity contribution >= 4 is 27.1 Å². The standard InChI is InChI=1S/C20H25N3O4S2/c1-15-21-16(13-28-15)12-27-19-5-3-2-4-18(19)20(24)23-9-7-22(8-10-23)17-6-11-29(25,26)14-17/h2-5,13,17H,6-12,14H2,1H3/t17-/m0/s1. The molecule has 1 amide bonds. The number of carbonyl (C=O) groups is 1. The minimum Gasteiger partial charge on any atom is -0.486 e. The molecular formula is C20H25N3O4S2. The summed E-state index contributed by atoms with van der Waals surface area (Å²) in [4.78, 5) is 21.5. The van der Waals surface area contributed by atoms with Gasteiger partial charge in [0, 0.05) is 37.6 Å². The van der Waals surface area contributed by atoms with Gasteiger partial charge in [-0.2, -0.15) is 0 Å². The van der Waals surface area contributed by atoms with Crippen molar-refractivity contribution in [3.63, 3.8) is 0 Å². The monoisotopic (exact) mass is 435 g/mol. The van der Waals surface area contributed by atoms with Crippen LogP contribution in [0.25, 0.3) is 0 Å². The van der Waals surface area contributed by atoms with Gasteiger partial charge in [-0.05, 0) is 25.5 Å². The van der Waals surface area contributed by atoms with E-state index >= 15 is 0 Å². The average molecular weight is 436 g/mol. The van der Waals surface area contributed by atoms with Crippen LogP contribution in [0.5, 0.6) is 5.75 Å². The van der Waals surface area contributed by atoms with Crippen LogP contribution >= 0.6 is 11.3 Å². The third-order valence-electron chi connectivity index (χ3n) is 5.49. The lowest BCUT2D eigenvalue weighted by Crippen LogP contribution is -2.52. The van der Waals surface area contributed by atoms with Crippen LogP contribution in [-0.4, -0.2) is 72.8 Å². The molecule has 0 unspecified atom stereocenters. The predicted octanol–water partition coefficient (Wildman–Crippen LogP) is 1.98. The SMILES string of the molecule is Cc1nc(COc2ccccc2C(=O)N2CCN([C@H]3CCS(=O)(=O)C3)CC2)cs1. The fraction of sp³-hybridized carbons (Fsp3) is 0.500. The van der Waals surface area contributed by atoms with Crippen molar-refractivity contribution in [2.24, 2.45) is 0 Å². The van der Waals surface area contributed by atoms with Crippen molar-refractivity contribution in [2.45, 2.75) is 26.0 Å². The van der Waals surface area contributed by atoms with Crippen molar-refractivity contribution in [1.82, 2.24) is 14.8 Å². The number of aryl methyl sites for hydroxylation is 1. The Morgan fingerprint density at radius 1 is 1.24 bits per heavy atom. The number of benzene rings is 1. The molecule has 0 spiro atoms. The van der Waals surface area contributed by atoms with E-state index < -0.39 is 9.84 Å². The third-order valence-corrected chi connectivity index (χ3v) is 8.06. The van der Waals surface area contributed by atoms with Gasteiger partial charge in [-0.15, -0.1) is 11.3 Å². The second-order valence-electron chi connectivity index (χ2n) is 7.53. The van der Waals surface area contributed by atoms with E-state index in [2.05, 4.69) is 9.88 Å². The Morgan fingerprint density at radius 3 is 2.66 bits per heavy atom. The topological polar surface area (TPSA) is 79.8 Å². The first-order valence-electron chi connectivity index (χ1n) is 9.78. The minimum atomic E-state index is -2.89. The van der Waals surface area contributed by atoms with Gasteiger partial charge < -0.3 is 9.64 Å². The molecule has 0 saturated carbocycles. The number of rotatable bonds is 5. The highest BCUT2D eigenvalue weighted by Crippen LogP contribution is 2.24. The Bertz CT molecular complexity index is 981. The molecule has 2 aromatic rings. The third kappa shape index (κ3) is 4.79. The zero-order chi connectivity index (χ0) is 20.4. The molecule has 0 radical (unpaired) electrons. The second kappa shape index (κ2) is 8.41. The zero-order valence-corrected chi connectivity index (χ0v) is 18.0. The first-order chi connectivity index (χ1) is 13.9. The summed E-state index contributed by atoms with van der Waals surface area (Å²) in [6.07, 6.45) is 0.697. The summed E-state index contributed by atoms with van der Waals surface area (Å²) < 4.78 is 29.4. The van der Waals surface area contributed by atoms with E-state index in [-0.39, 0.29) is 23.5 Å². The lowest BCUT2D eigenvalue weighted by Gasteiger charge is -2.37. The molecule has 3 heterocycles. The number of hydrogen-bond donors (Lipinski definition) is 0. The van der Waals surface area contributed by atoms with Gasteiger partial charge in [0.2, 0.25) is 0 Å². The summed E-state index contributed by atoms with van der Waals surface area (Å²) in [6.45, 7) is 4.87. The summed E-state index contributed by atoms with van der Waals surface area (Å²) in [5.74, 6) is 1.04. The Labute approximate surface area is 175 Å². The molecule has 9 heteroatoms. The Balaban J connectivity index is 1.37. The number of nitrogens with zero attached hydrogens (tertiary/aromatic N) is 3. The van der Waals surface area contributed by atoms with E-state index in [1.165, 1.54) is 0 Å². The van der Waals surface area contributed by atoms with Gasteiger partial charge in [0.05, 0.1) is 27.8 Å². The molecule has 1 atom stereocenters. The number of amides is 1. The summed E-state index contributed by atoms with van der Waals surface area (Å²) >= 11 is 1.57. The van der Waals surface area contributed by atoms with Crippen LogP contribution in [0.4, 0.5) is 0 Å². The second-order valence-corrected chi connectivity index (χ2v) is 10.8. The molecule has 2 saturated heterocycles. The summed E-state index contributed by atoms with van der Waals surface area (Å²) in [7, 11) is -2.89. The molecule has 0 bridgehead atoms. The maximum Gasteiger partial charge on any atom is 0.257 e. The molecule has 1 aromatic carbocycles. The molecule has 156 valence electrons. The highest BCUT2D eigenvalue weighted by atomic mass is 32.2. The molecular weight excluding hydrogens is 410 g/mol. The number of aromatic nitrogens is 1. The highest BCUT2D eigenvalue weighted by Gasteiger charge is 2.34. The Hall–Kier alpha value is -1.97. The maximum atomic E-state index is 13.1. The molecule has 1 aromatic heterocycles. The first-order valence-corrected chi connectivity index (χ1v) is 12.5.